The summed E-state index contributed by atoms with van der Waals surface area (Å²) < 4.78 is 18.5. The van der Waals surface area contributed by atoms with Gasteiger partial charge in [0.1, 0.15) is 10.6 Å². The molecule has 0 bridgehead atoms. The molecule has 4 nitrogen and oxygen atoms in total. The maximum Gasteiger partial charge on any atom is 0.322 e. The van der Waals surface area contributed by atoms with Crippen molar-refractivity contribution in [2.45, 2.75) is 23.6 Å². The first-order valence-corrected chi connectivity index (χ1v) is 7.58. The van der Waals surface area contributed by atoms with Gasteiger partial charge in [0.05, 0.1) is 12.6 Å². The van der Waals surface area contributed by atoms with Crippen LogP contribution in [0, 0.1) is 24.1 Å². The molecule has 2 aliphatic rings. The van der Waals surface area contributed by atoms with Gasteiger partial charge in [-0.2, -0.15) is 0 Å². The first-order valence-electron chi connectivity index (χ1n) is 6.77. The number of nitrogens with zero attached hydrogens (tertiary/aromatic N) is 1. The third kappa shape index (κ3) is 1.92. The zero-order valence-corrected chi connectivity index (χ0v) is 13.0. The van der Waals surface area contributed by atoms with E-state index in [-0.39, 0.29) is 17.1 Å². The summed E-state index contributed by atoms with van der Waals surface area (Å²) in [7, 11) is 1.34. The second kappa shape index (κ2) is 4.75. The number of methoxy groups -OCH3 is 1. The summed E-state index contributed by atoms with van der Waals surface area (Å²) in [6, 6.07) is 4.46. The van der Waals surface area contributed by atoms with E-state index in [1.54, 1.807) is 13.0 Å². The highest BCUT2D eigenvalue weighted by atomic mass is 32.2. The normalized spacial score (nSPS) is 32.5. The first kappa shape index (κ1) is 14.9. The number of fused-ring (bicyclic) bond motifs is 1. The lowest BCUT2D eigenvalue weighted by atomic mass is 9.85. The maximum absolute atomic E-state index is 14.4. The monoisotopic (exact) mass is 318 g/mol. The van der Waals surface area contributed by atoms with Crippen LogP contribution in [-0.4, -0.2) is 23.0 Å². The third-order valence-electron chi connectivity index (χ3n) is 4.43. The number of terminal acetylenes is 1. The summed E-state index contributed by atoms with van der Waals surface area (Å²) in [5.74, 6) is 1.56. The van der Waals surface area contributed by atoms with E-state index in [1.807, 2.05) is 0 Å². The van der Waals surface area contributed by atoms with Crippen LogP contribution >= 0.6 is 11.8 Å². The largest absolute Gasteiger partial charge is 0.468 e. The third-order valence-corrected chi connectivity index (χ3v) is 5.71. The van der Waals surface area contributed by atoms with E-state index in [0.717, 1.165) is 0 Å². The zero-order valence-electron chi connectivity index (χ0n) is 12.2. The molecular weight excluding hydrogens is 303 g/mol. The number of nitrogens with two attached hydrogens (primary N) is 1. The minimum absolute atomic E-state index is 0.174. The summed E-state index contributed by atoms with van der Waals surface area (Å²) >= 11 is 1.20. The summed E-state index contributed by atoms with van der Waals surface area (Å²) in [4.78, 5) is 16.6. The lowest BCUT2D eigenvalue weighted by Crippen LogP contribution is -2.39. The highest BCUT2D eigenvalue weighted by molar-refractivity contribution is 8.15. The average molecular weight is 318 g/mol. The van der Waals surface area contributed by atoms with Gasteiger partial charge in [-0.1, -0.05) is 17.7 Å². The van der Waals surface area contributed by atoms with E-state index >= 15 is 0 Å². The SMILES string of the molecule is C#Cc1ccc(F)c([C@@]2(C)N=C(N)S[C@@]3(C(=O)OC)C[C@H]32)c1. The van der Waals surface area contributed by atoms with Crippen molar-refractivity contribution in [2.75, 3.05) is 7.11 Å². The molecule has 1 heterocycles. The Morgan fingerprint density at radius 1 is 1.64 bits per heavy atom. The van der Waals surface area contributed by atoms with Crippen LogP contribution in [0.2, 0.25) is 0 Å². The zero-order chi connectivity index (χ0) is 16.1. The van der Waals surface area contributed by atoms with E-state index < -0.39 is 16.1 Å². The number of esters is 1. The number of amidine groups is 1. The van der Waals surface area contributed by atoms with E-state index in [4.69, 9.17) is 16.9 Å². The molecule has 3 atom stereocenters. The second-order valence-corrected chi connectivity index (χ2v) is 7.03. The summed E-state index contributed by atoms with van der Waals surface area (Å²) in [5, 5.41) is 0.257. The molecule has 1 aromatic rings. The van der Waals surface area contributed by atoms with Crippen LogP contribution in [0.4, 0.5) is 4.39 Å². The molecule has 6 heteroatoms. The number of carbonyl (C=O) groups is 1. The van der Waals surface area contributed by atoms with Crippen molar-refractivity contribution in [3.05, 3.63) is 35.1 Å². The van der Waals surface area contributed by atoms with Crippen LogP contribution in [0.3, 0.4) is 0 Å². The van der Waals surface area contributed by atoms with Gasteiger partial charge in [-0.25, -0.2) is 4.39 Å². The van der Waals surface area contributed by atoms with Gasteiger partial charge in [-0.3, -0.25) is 9.79 Å². The molecule has 1 fully saturated rings. The van der Waals surface area contributed by atoms with Gasteiger partial charge in [0.25, 0.3) is 0 Å². The summed E-state index contributed by atoms with van der Waals surface area (Å²) in [5.41, 5.74) is 5.90. The van der Waals surface area contributed by atoms with Gasteiger partial charge >= 0.3 is 5.97 Å². The van der Waals surface area contributed by atoms with E-state index in [2.05, 4.69) is 10.9 Å². The summed E-state index contributed by atoms with van der Waals surface area (Å²) in [6.45, 7) is 1.79. The molecule has 1 aromatic carbocycles. The summed E-state index contributed by atoms with van der Waals surface area (Å²) in [6.07, 6.45) is 5.94. The smallest absolute Gasteiger partial charge is 0.322 e. The van der Waals surface area contributed by atoms with Crippen molar-refractivity contribution in [1.29, 1.82) is 0 Å². The molecule has 2 N–H and O–H groups in total. The highest BCUT2D eigenvalue weighted by Gasteiger charge is 2.71. The molecule has 1 saturated carbocycles. The Morgan fingerprint density at radius 2 is 2.36 bits per heavy atom. The van der Waals surface area contributed by atoms with E-state index in [9.17, 15) is 9.18 Å². The van der Waals surface area contributed by atoms with Crippen molar-refractivity contribution in [3.63, 3.8) is 0 Å². The number of rotatable bonds is 2. The number of hydrogen-bond donors (Lipinski definition) is 1. The standard InChI is InChI=1S/C16H15FN2O2S/c1-4-9-5-6-11(17)10(7-9)15(2)12-8-16(12,13(20)21-3)22-14(18)19-15/h1,5-7,12H,8H2,2-3H3,(H2,18,19)/t12-,15+,16-/m0/s1. The fraction of sp³-hybridized carbons (Fsp3) is 0.375. The molecule has 1 aliphatic carbocycles. The Morgan fingerprint density at radius 3 is 3.00 bits per heavy atom. The lowest BCUT2D eigenvalue weighted by Gasteiger charge is -2.33. The molecule has 1 aliphatic heterocycles. The van der Waals surface area contributed by atoms with Gasteiger partial charge in [0.15, 0.2) is 5.17 Å². The number of carbonyl (C=O) groups excluding carboxylic acids is 1. The molecule has 22 heavy (non-hydrogen) atoms. The number of benzene rings is 1. The minimum Gasteiger partial charge on any atom is -0.468 e. The number of aliphatic imine (C=N–C) groups is 1. The fourth-order valence-electron chi connectivity index (χ4n) is 3.22. The lowest BCUT2D eigenvalue weighted by molar-refractivity contribution is -0.141. The number of hydrogen-bond acceptors (Lipinski definition) is 5. The number of thioether (sulfide) groups is 1. The van der Waals surface area contributed by atoms with E-state index in [0.29, 0.717) is 17.5 Å². The first-order chi connectivity index (χ1) is 10.4. The Bertz CT molecular complexity index is 742. The predicted octanol–water partition coefficient (Wildman–Crippen LogP) is 2.02. The fourth-order valence-corrected chi connectivity index (χ4v) is 4.61. The number of ether oxygens (including phenoxy) is 1. The van der Waals surface area contributed by atoms with Crippen molar-refractivity contribution >= 4 is 22.9 Å². The Hall–Kier alpha value is -2.00. The maximum atomic E-state index is 14.4. The highest BCUT2D eigenvalue weighted by Crippen LogP contribution is 2.66. The molecule has 3 rings (SSSR count). The predicted molar refractivity (Wildman–Crippen MR) is 83.8 cm³/mol. The second-order valence-electron chi connectivity index (χ2n) is 5.68. The topological polar surface area (TPSA) is 64.7 Å². The van der Waals surface area contributed by atoms with Crippen LogP contribution in [-0.2, 0) is 15.1 Å². The van der Waals surface area contributed by atoms with Gasteiger partial charge in [-0.05, 0) is 31.5 Å². The molecule has 0 saturated heterocycles. The van der Waals surface area contributed by atoms with E-state index in [1.165, 1.54) is 31.0 Å². The van der Waals surface area contributed by atoms with Crippen LogP contribution in [0.15, 0.2) is 23.2 Å². The molecule has 0 radical (unpaired) electrons. The van der Waals surface area contributed by atoms with Crippen molar-refractivity contribution in [3.8, 4) is 12.3 Å². The molecule has 0 aromatic heterocycles. The molecule has 0 spiro atoms. The molecule has 0 amide bonds. The van der Waals surface area contributed by atoms with Gasteiger partial charge in [-0.15, -0.1) is 6.42 Å². The Labute approximate surface area is 132 Å². The Balaban J connectivity index is 2.12. The molecule has 114 valence electrons. The molecule has 0 unspecified atom stereocenters. The minimum atomic E-state index is -0.930. The van der Waals surface area contributed by atoms with Crippen molar-refractivity contribution in [1.82, 2.24) is 0 Å². The van der Waals surface area contributed by atoms with Crippen LogP contribution in [0.25, 0.3) is 0 Å². The molecular formula is C16H15FN2O2S. The average Bonchev–Trinajstić information content (AvgIpc) is 3.23. The van der Waals surface area contributed by atoms with Crippen LogP contribution in [0.1, 0.15) is 24.5 Å². The number of halogens is 1. The van der Waals surface area contributed by atoms with Gasteiger partial charge in [0.2, 0.25) is 0 Å². The van der Waals surface area contributed by atoms with Gasteiger partial charge < -0.3 is 10.5 Å². The van der Waals surface area contributed by atoms with Crippen LogP contribution < -0.4 is 5.73 Å². The van der Waals surface area contributed by atoms with Crippen LogP contribution in [0.5, 0.6) is 0 Å². The quantitative estimate of drug-likeness (QED) is 0.669. The Kier molecular flexibility index (Phi) is 3.22. The van der Waals surface area contributed by atoms with Crippen molar-refractivity contribution in [2.24, 2.45) is 16.6 Å². The van der Waals surface area contributed by atoms with Gasteiger partial charge in [0, 0.05) is 17.0 Å². The van der Waals surface area contributed by atoms with Crippen molar-refractivity contribution < 1.29 is 13.9 Å².